The summed E-state index contributed by atoms with van der Waals surface area (Å²) in [6.45, 7) is 10.2. The predicted molar refractivity (Wildman–Crippen MR) is 109 cm³/mol. The quantitative estimate of drug-likeness (QED) is 0.224. The lowest BCUT2D eigenvalue weighted by Crippen LogP contribution is -2.32. The minimum Gasteiger partial charge on any atom is -0.362 e. The second-order valence-electron chi connectivity index (χ2n) is 7.33. The molecule has 0 aromatic heterocycles. The summed E-state index contributed by atoms with van der Waals surface area (Å²) in [5, 5.41) is 4.55. The van der Waals surface area contributed by atoms with E-state index in [0.717, 1.165) is 26.1 Å². The molecule has 0 aliphatic carbocycles. The third-order valence-corrected chi connectivity index (χ3v) is 4.63. The van der Waals surface area contributed by atoms with Gasteiger partial charge in [-0.1, -0.05) is 90.9 Å². The first kappa shape index (κ1) is 24.9. The van der Waals surface area contributed by atoms with Gasteiger partial charge < -0.3 is 9.47 Å². The molecule has 0 saturated heterocycles. The summed E-state index contributed by atoms with van der Waals surface area (Å²) in [6, 6.07) is 0. The smallest absolute Gasteiger partial charge is 0.123 e. The lowest BCUT2D eigenvalue weighted by atomic mass is 10.1. The second-order valence-corrected chi connectivity index (χ2v) is 7.33. The standard InChI is InChI=1S/C22H46NO2/c1-5-7-9-11-13-15-17-19-24-21(3)23-22(4)25-20-18-16-14-12-10-8-6-2/h21-22H,5-20H2,1-4H3. The third-order valence-electron chi connectivity index (χ3n) is 4.63. The fourth-order valence-electron chi connectivity index (χ4n) is 3.01. The molecule has 0 aromatic rings. The first-order valence-corrected chi connectivity index (χ1v) is 11.1. The molecule has 0 aromatic carbocycles. The van der Waals surface area contributed by atoms with Crippen LogP contribution in [0, 0.1) is 0 Å². The largest absolute Gasteiger partial charge is 0.362 e. The molecule has 0 amide bonds. The summed E-state index contributed by atoms with van der Waals surface area (Å²) in [5.41, 5.74) is 0. The van der Waals surface area contributed by atoms with Crippen LogP contribution in [0.4, 0.5) is 0 Å². The van der Waals surface area contributed by atoms with E-state index in [-0.39, 0.29) is 12.5 Å². The zero-order valence-electron chi connectivity index (χ0n) is 17.7. The van der Waals surface area contributed by atoms with Crippen molar-refractivity contribution in [2.75, 3.05) is 13.2 Å². The molecule has 0 heterocycles. The van der Waals surface area contributed by atoms with Crippen LogP contribution in [-0.4, -0.2) is 25.7 Å². The molecular weight excluding hydrogens is 310 g/mol. The molecule has 0 aliphatic rings. The fraction of sp³-hybridized carbons (Fsp3) is 1.00. The molecule has 151 valence electrons. The van der Waals surface area contributed by atoms with Crippen molar-refractivity contribution in [3.63, 3.8) is 0 Å². The van der Waals surface area contributed by atoms with Gasteiger partial charge in [0, 0.05) is 13.2 Å². The van der Waals surface area contributed by atoms with Crippen molar-refractivity contribution in [2.45, 2.75) is 130 Å². The number of ether oxygens (including phenoxy) is 2. The van der Waals surface area contributed by atoms with Crippen LogP contribution in [0.3, 0.4) is 0 Å². The van der Waals surface area contributed by atoms with E-state index in [1.165, 1.54) is 77.0 Å². The van der Waals surface area contributed by atoms with Crippen molar-refractivity contribution in [1.82, 2.24) is 5.32 Å². The molecule has 0 rings (SSSR count). The van der Waals surface area contributed by atoms with Crippen LogP contribution in [0.15, 0.2) is 0 Å². The highest BCUT2D eigenvalue weighted by atomic mass is 16.5. The van der Waals surface area contributed by atoms with Crippen LogP contribution >= 0.6 is 0 Å². The first-order chi connectivity index (χ1) is 12.2. The molecule has 0 N–H and O–H groups in total. The van der Waals surface area contributed by atoms with E-state index in [1.807, 2.05) is 13.8 Å². The highest BCUT2D eigenvalue weighted by molar-refractivity contribution is 4.52. The topological polar surface area (TPSA) is 32.6 Å². The van der Waals surface area contributed by atoms with Gasteiger partial charge in [-0.25, -0.2) is 0 Å². The summed E-state index contributed by atoms with van der Waals surface area (Å²) in [4.78, 5) is 0. The molecule has 2 unspecified atom stereocenters. The Hall–Kier alpha value is -0.120. The molecule has 1 radical (unpaired) electrons. The van der Waals surface area contributed by atoms with Crippen LogP contribution in [0.2, 0.25) is 0 Å². The van der Waals surface area contributed by atoms with Gasteiger partial charge in [-0.15, -0.1) is 0 Å². The van der Waals surface area contributed by atoms with Crippen molar-refractivity contribution in [3.05, 3.63) is 0 Å². The van der Waals surface area contributed by atoms with E-state index >= 15 is 0 Å². The van der Waals surface area contributed by atoms with Gasteiger partial charge in [0.2, 0.25) is 0 Å². The number of hydrogen-bond donors (Lipinski definition) is 0. The fourth-order valence-corrected chi connectivity index (χ4v) is 3.01. The summed E-state index contributed by atoms with van der Waals surface area (Å²) < 4.78 is 11.6. The maximum atomic E-state index is 5.78. The number of hydrogen-bond acceptors (Lipinski definition) is 2. The van der Waals surface area contributed by atoms with Crippen LogP contribution in [-0.2, 0) is 9.47 Å². The molecule has 0 aliphatic heterocycles. The second kappa shape index (κ2) is 20.2. The van der Waals surface area contributed by atoms with E-state index in [4.69, 9.17) is 9.47 Å². The van der Waals surface area contributed by atoms with E-state index in [2.05, 4.69) is 19.2 Å². The highest BCUT2D eigenvalue weighted by Crippen LogP contribution is 2.08. The molecule has 0 bridgehead atoms. The van der Waals surface area contributed by atoms with Gasteiger partial charge >= 0.3 is 0 Å². The minimum absolute atomic E-state index is 0.0517. The Bertz CT molecular complexity index is 224. The van der Waals surface area contributed by atoms with Gasteiger partial charge in [0.05, 0.1) is 0 Å². The van der Waals surface area contributed by atoms with E-state index in [0.29, 0.717) is 0 Å². The number of rotatable bonds is 20. The van der Waals surface area contributed by atoms with Crippen molar-refractivity contribution in [2.24, 2.45) is 0 Å². The van der Waals surface area contributed by atoms with Crippen molar-refractivity contribution in [1.29, 1.82) is 0 Å². The minimum atomic E-state index is -0.0517. The Labute approximate surface area is 158 Å². The Kier molecular flexibility index (Phi) is 20.1. The van der Waals surface area contributed by atoms with Gasteiger partial charge in [0.1, 0.15) is 12.5 Å². The van der Waals surface area contributed by atoms with Crippen LogP contribution < -0.4 is 5.32 Å². The molecular formula is C22H46NO2. The van der Waals surface area contributed by atoms with E-state index < -0.39 is 0 Å². The average molecular weight is 357 g/mol. The Morgan fingerprint density at radius 3 is 1.20 bits per heavy atom. The summed E-state index contributed by atoms with van der Waals surface area (Å²) in [6.07, 6.45) is 18.4. The molecule has 25 heavy (non-hydrogen) atoms. The summed E-state index contributed by atoms with van der Waals surface area (Å²) >= 11 is 0. The molecule has 0 spiro atoms. The van der Waals surface area contributed by atoms with Gasteiger partial charge in [-0.05, 0) is 26.7 Å². The van der Waals surface area contributed by atoms with Crippen LogP contribution in [0.25, 0.3) is 0 Å². The van der Waals surface area contributed by atoms with Gasteiger partial charge in [-0.2, -0.15) is 5.32 Å². The van der Waals surface area contributed by atoms with Crippen molar-refractivity contribution >= 4 is 0 Å². The number of nitrogens with zero attached hydrogens (tertiary/aromatic N) is 1. The third kappa shape index (κ3) is 20.0. The molecule has 3 nitrogen and oxygen atoms in total. The summed E-state index contributed by atoms with van der Waals surface area (Å²) in [5.74, 6) is 0. The normalized spacial score (nSPS) is 13.9. The molecule has 0 fully saturated rings. The monoisotopic (exact) mass is 356 g/mol. The average Bonchev–Trinajstić information content (AvgIpc) is 2.59. The Morgan fingerprint density at radius 1 is 0.520 bits per heavy atom. The first-order valence-electron chi connectivity index (χ1n) is 11.1. The van der Waals surface area contributed by atoms with Crippen LogP contribution in [0.1, 0.15) is 118 Å². The highest BCUT2D eigenvalue weighted by Gasteiger charge is 2.09. The van der Waals surface area contributed by atoms with Crippen molar-refractivity contribution in [3.8, 4) is 0 Å². The van der Waals surface area contributed by atoms with Gasteiger partial charge in [-0.3, -0.25) is 0 Å². The molecule has 3 heteroatoms. The Morgan fingerprint density at radius 2 is 0.840 bits per heavy atom. The maximum Gasteiger partial charge on any atom is 0.123 e. The lowest BCUT2D eigenvalue weighted by Gasteiger charge is -2.18. The van der Waals surface area contributed by atoms with Gasteiger partial charge in [0.25, 0.3) is 0 Å². The summed E-state index contributed by atoms with van der Waals surface area (Å²) in [7, 11) is 0. The molecule has 2 atom stereocenters. The van der Waals surface area contributed by atoms with Crippen molar-refractivity contribution < 1.29 is 9.47 Å². The lowest BCUT2D eigenvalue weighted by molar-refractivity contribution is -0.0360. The zero-order chi connectivity index (χ0) is 18.6. The number of unbranched alkanes of at least 4 members (excludes halogenated alkanes) is 12. The zero-order valence-corrected chi connectivity index (χ0v) is 17.7. The van der Waals surface area contributed by atoms with E-state index in [9.17, 15) is 0 Å². The van der Waals surface area contributed by atoms with Gasteiger partial charge in [0.15, 0.2) is 0 Å². The predicted octanol–water partition coefficient (Wildman–Crippen LogP) is 6.82. The molecule has 0 saturated carbocycles. The van der Waals surface area contributed by atoms with E-state index in [1.54, 1.807) is 0 Å². The maximum absolute atomic E-state index is 5.78. The SMILES string of the molecule is CCCCCCCCCOC(C)[N]C(C)OCCCCCCCCC. The Balaban J connectivity index is 3.31. The van der Waals surface area contributed by atoms with Crippen LogP contribution in [0.5, 0.6) is 0 Å².